The minimum Gasteiger partial charge on any atom is -0.464 e. The normalized spacial score (nSPS) is 10.3. The molecular formula is C20H22N2O5. The molecule has 1 N–H and O–H groups in total. The number of hydrogen-bond donors (Lipinski definition) is 1. The van der Waals surface area contributed by atoms with Gasteiger partial charge < -0.3 is 10.1 Å². The first-order valence-corrected chi connectivity index (χ1v) is 8.65. The molecule has 0 spiro atoms. The van der Waals surface area contributed by atoms with Gasteiger partial charge in [-0.3, -0.25) is 19.7 Å². The molecule has 0 aliphatic rings. The average Bonchev–Trinajstić information content (AvgIpc) is 2.65. The Kier molecular flexibility index (Phi) is 7.49. The summed E-state index contributed by atoms with van der Waals surface area (Å²) in [6.07, 6.45) is 1.06. The van der Waals surface area contributed by atoms with Crippen molar-refractivity contribution in [2.75, 3.05) is 13.2 Å². The van der Waals surface area contributed by atoms with Gasteiger partial charge in [-0.05, 0) is 24.5 Å². The van der Waals surface area contributed by atoms with Gasteiger partial charge in [0, 0.05) is 18.6 Å². The number of benzene rings is 2. The predicted molar refractivity (Wildman–Crippen MR) is 100 cm³/mol. The number of nitrogens with zero attached hydrogens (tertiary/aromatic N) is 1. The summed E-state index contributed by atoms with van der Waals surface area (Å²) < 4.78 is 5.06. The van der Waals surface area contributed by atoms with Crippen molar-refractivity contribution in [1.29, 1.82) is 0 Å². The van der Waals surface area contributed by atoms with Crippen LogP contribution in [-0.4, -0.2) is 30.0 Å². The van der Waals surface area contributed by atoms with Gasteiger partial charge in [0.2, 0.25) is 5.91 Å². The molecule has 0 aliphatic heterocycles. The number of hydrogen-bond acceptors (Lipinski definition) is 5. The van der Waals surface area contributed by atoms with Crippen LogP contribution < -0.4 is 5.32 Å². The highest BCUT2D eigenvalue weighted by Gasteiger charge is 2.08. The van der Waals surface area contributed by atoms with Gasteiger partial charge in [0.05, 0.1) is 17.9 Å². The third kappa shape index (κ3) is 7.27. The van der Waals surface area contributed by atoms with E-state index >= 15 is 0 Å². The highest BCUT2D eigenvalue weighted by atomic mass is 16.6. The van der Waals surface area contributed by atoms with Crippen molar-refractivity contribution < 1.29 is 19.2 Å². The van der Waals surface area contributed by atoms with E-state index < -0.39 is 10.9 Å². The summed E-state index contributed by atoms with van der Waals surface area (Å²) in [5.41, 5.74) is 2.89. The molecule has 142 valence electrons. The number of esters is 1. The van der Waals surface area contributed by atoms with Crippen molar-refractivity contribution in [3.8, 4) is 0 Å². The fourth-order valence-corrected chi connectivity index (χ4v) is 2.41. The van der Waals surface area contributed by atoms with Gasteiger partial charge in [0.25, 0.3) is 5.69 Å². The van der Waals surface area contributed by atoms with Crippen LogP contribution in [-0.2, 0) is 27.2 Å². The van der Waals surface area contributed by atoms with Gasteiger partial charge in [-0.1, -0.05) is 42.0 Å². The average molecular weight is 370 g/mol. The fraction of sp³-hybridized carbons (Fsp3) is 0.300. The van der Waals surface area contributed by atoms with Crippen molar-refractivity contribution in [2.45, 2.75) is 26.2 Å². The Morgan fingerprint density at radius 3 is 2.30 bits per heavy atom. The SMILES string of the molecule is Cc1ccc(CCC(=O)NCCOC(=O)Cc2ccc([N+](=O)[O-])cc2)cc1. The van der Waals surface area contributed by atoms with E-state index in [0.717, 1.165) is 5.56 Å². The van der Waals surface area contributed by atoms with Gasteiger partial charge in [-0.15, -0.1) is 0 Å². The monoisotopic (exact) mass is 370 g/mol. The molecular weight excluding hydrogens is 348 g/mol. The van der Waals surface area contributed by atoms with Crippen LogP contribution in [0.5, 0.6) is 0 Å². The molecule has 0 aromatic heterocycles. The van der Waals surface area contributed by atoms with Crippen molar-refractivity contribution in [1.82, 2.24) is 5.32 Å². The maximum atomic E-state index is 11.8. The second-order valence-electron chi connectivity index (χ2n) is 6.16. The molecule has 7 nitrogen and oxygen atoms in total. The van der Waals surface area contributed by atoms with Crippen molar-refractivity contribution >= 4 is 17.6 Å². The largest absolute Gasteiger partial charge is 0.464 e. The van der Waals surface area contributed by atoms with Gasteiger partial charge in [-0.25, -0.2) is 0 Å². The molecule has 2 rings (SSSR count). The van der Waals surface area contributed by atoms with E-state index in [-0.39, 0.29) is 31.2 Å². The number of carbonyl (C=O) groups is 2. The lowest BCUT2D eigenvalue weighted by Crippen LogP contribution is -2.28. The van der Waals surface area contributed by atoms with Gasteiger partial charge in [0.1, 0.15) is 6.61 Å². The minimum absolute atomic E-state index is 0.0271. The number of nitrogens with one attached hydrogen (secondary N) is 1. The topological polar surface area (TPSA) is 98.5 Å². The molecule has 0 fully saturated rings. The molecule has 0 saturated carbocycles. The quantitative estimate of drug-likeness (QED) is 0.317. The van der Waals surface area contributed by atoms with E-state index in [1.807, 2.05) is 31.2 Å². The lowest BCUT2D eigenvalue weighted by molar-refractivity contribution is -0.384. The Morgan fingerprint density at radius 2 is 1.67 bits per heavy atom. The van der Waals surface area contributed by atoms with Crippen molar-refractivity contribution in [3.63, 3.8) is 0 Å². The number of rotatable bonds is 9. The van der Waals surface area contributed by atoms with Crippen LogP contribution in [0.4, 0.5) is 5.69 Å². The van der Waals surface area contributed by atoms with Gasteiger partial charge in [-0.2, -0.15) is 0 Å². The van der Waals surface area contributed by atoms with E-state index in [9.17, 15) is 19.7 Å². The van der Waals surface area contributed by atoms with Gasteiger partial charge in [0.15, 0.2) is 0 Å². The highest BCUT2D eigenvalue weighted by molar-refractivity contribution is 5.76. The number of nitro groups is 1. The van der Waals surface area contributed by atoms with Crippen LogP contribution in [0.15, 0.2) is 48.5 Å². The third-order valence-corrected chi connectivity index (χ3v) is 3.94. The van der Waals surface area contributed by atoms with E-state index in [4.69, 9.17) is 4.74 Å². The zero-order valence-corrected chi connectivity index (χ0v) is 15.1. The van der Waals surface area contributed by atoms with Crippen LogP contribution in [0.3, 0.4) is 0 Å². The number of carbonyl (C=O) groups excluding carboxylic acids is 2. The second kappa shape index (κ2) is 10.1. The van der Waals surface area contributed by atoms with Crippen LogP contribution in [0.1, 0.15) is 23.1 Å². The molecule has 1 amide bonds. The first-order valence-electron chi connectivity index (χ1n) is 8.65. The molecule has 0 atom stereocenters. The lowest BCUT2D eigenvalue weighted by atomic mass is 10.1. The van der Waals surface area contributed by atoms with Crippen LogP contribution in [0, 0.1) is 17.0 Å². The summed E-state index contributed by atoms with van der Waals surface area (Å²) in [6, 6.07) is 13.8. The number of aryl methyl sites for hydroxylation is 2. The molecule has 2 aromatic carbocycles. The van der Waals surface area contributed by atoms with Crippen molar-refractivity contribution in [3.05, 3.63) is 75.3 Å². The van der Waals surface area contributed by atoms with E-state index in [1.165, 1.54) is 29.8 Å². The zero-order valence-electron chi connectivity index (χ0n) is 15.1. The molecule has 27 heavy (non-hydrogen) atoms. The summed E-state index contributed by atoms with van der Waals surface area (Å²) in [7, 11) is 0. The Bertz CT molecular complexity index is 785. The standard InChI is InChI=1S/C20H22N2O5/c1-15-2-4-16(5-3-15)8-11-19(23)21-12-13-27-20(24)14-17-6-9-18(10-7-17)22(25)26/h2-7,9-10H,8,11-14H2,1H3,(H,21,23). The number of ether oxygens (including phenoxy) is 1. The number of amides is 1. The molecule has 7 heteroatoms. The summed E-state index contributed by atoms with van der Waals surface area (Å²) in [5, 5.41) is 13.3. The highest BCUT2D eigenvalue weighted by Crippen LogP contribution is 2.12. The number of non-ortho nitro benzene ring substituents is 1. The Hall–Kier alpha value is -3.22. The maximum absolute atomic E-state index is 11.8. The molecule has 0 unspecified atom stereocenters. The Balaban J connectivity index is 1.61. The second-order valence-corrected chi connectivity index (χ2v) is 6.16. The molecule has 0 bridgehead atoms. The molecule has 0 radical (unpaired) electrons. The summed E-state index contributed by atoms with van der Waals surface area (Å²) in [4.78, 5) is 33.6. The smallest absolute Gasteiger partial charge is 0.310 e. The van der Waals surface area contributed by atoms with E-state index in [0.29, 0.717) is 18.4 Å². The van der Waals surface area contributed by atoms with E-state index in [2.05, 4.69) is 5.32 Å². The first kappa shape index (κ1) is 20.1. The summed E-state index contributed by atoms with van der Waals surface area (Å²) in [5.74, 6) is -0.542. The van der Waals surface area contributed by atoms with Gasteiger partial charge >= 0.3 is 5.97 Å². The van der Waals surface area contributed by atoms with Crippen LogP contribution >= 0.6 is 0 Å². The fourth-order valence-electron chi connectivity index (χ4n) is 2.41. The summed E-state index contributed by atoms with van der Waals surface area (Å²) in [6.45, 7) is 2.35. The Morgan fingerprint density at radius 1 is 1.04 bits per heavy atom. The molecule has 0 aliphatic carbocycles. The minimum atomic E-state index is -0.496. The third-order valence-electron chi connectivity index (χ3n) is 3.94. The summed E-state index contributed by atoms with van der Waals surface area (Å²) >= 11 is 0. The molecule has 0 heterocycles. The number of nitro benzene ring substituents is 1. The lowest BCUT2D eigenvalue weighted by Gasteiger charge is -2.07. The van der Waals surface area contributed by atoms with E-state index in [1.54, 1.807) is 0 Å². The predicted octanol–water partition coefficient (Wildman–Crippen LogP) is 2.74. The first-order chi connectivity index (χ1) is 12.9. The maximum Gasteiger partial charge on any atom is 0.310 e. The molecule has 2 aromatic rings. The Labute approximate surface area is 157 Å². The van der Waals surface area contributed by atoms with Crippen LogP contribution in [0.2, 0.25) is 0 Å². The van der Waals surface area contributed by atoms with Crippen molar-refractivity contribution in [2.24, 2.45) is 0 Å². The zero-order chi connectivity index (χ0) is 19.6. The van der Waals surface area contributed by atoms with Crippen LogP contribution in [0.25, 0.3) is 0 Å². The molecule has 0 saturated heterocycles.